The second-order valence-electron chi connectivity index (χ2n) is 7.80. The first-order chi connectivity index (χ1) is 13.9. The number of hydrogen-bond donors (Lipinski definition) is 3. The minimum atomic E-state index is -1.28. The van der Waals surface area contributed by atoms with Crippen molar-refractivity contribution in [1.29, 1.82) is 0 Å². The Balaban J connectivity index is 1.44. The molecule has 10 nitrogen and oxygen atoms in total. The molecule has 2 fully saturated rings. The summed E-state index contributed by atoms with van der Waals surface area (Å²) >= 11 is 0. The number of fused-ring (bicyclic) bond motifs is 1. The second-order valence-corrected chi connectivity index (χ2v) is 7.80. The number of nitrogen functional groups attached to an aromatic ring is 1. The second kappa shape index (κ2) is 7.77. The molecular weight excluding hydrogens is 380 g/mol. The molecule has 3 heterocycles. The summed E-state index contributed by atoms with van der Waals surface area (Å²) in [4.78, 5) is 15.9. The summed E-state index contributed by atoms with van der Waals surface area (Å²) in [5.74, 6) is 0.285. The van der Waals surface area contributed by atoms with Crippen LogP contribution in [0.25, 0.3) is 5.52 Å². The first kappa shape index (κ1) is 19.9. The first-order valence-electron chi connectivity index (χ1n) is 9.86. The van der Waals surface area contributed by atoms with Crippen LogP contribution in [0.4, 0.5) is 10.6 Å². The zero-order valence-corrected chi connectivity index (χ0v) is 16.2. The monoisotopic (exact) mass is 406 g/mol. The molecule has 2 aromatic heterocycles. The van der Waals surface area contributed by atoms with Crippen LogP contribution < -0.4 is 5.73 Å². The maximum Gasteiger partial charge on any atom is 0.508 e. The highest BCUT2D eigenvalue weighted by atomic mass is 16.7. The van der Waals surface area contributed by atoms with Gasteiger partial charge in [0.05, 0.1) is 5.69 Å². The molecule has 0 amide bonds. The van der Waals surface area contributed by atoms with Crippen molar-refractivity contribution in [3.8, 4) is 0 Å². The predicted molar refractivity (Wildman–Crippen MR) is 101 cm³/mol. The molecule has 2 aromatic rings. The van der Waals surface area contributed by atoms with Gasteiger partial charge in [-0.2, -0.15) is 5.10 Å². The molecule has 1 aliphatic heterocycles. The van der Waals surface area contributed by atoms with Crippen molar-refractivity contribution in [3.05, 3.63) is 24.2 Å². The van der Waals surface area contributed by atoms with E-state index in [0.29, 0.717) is 11.2 Å². The van der Waals surface area contributed by atoms with E-state index in [1.807, 2.05) is 0 Å². The van der Waals surface area contributed by atoms with E-state index in [1.54, 1.807) is 19.1 Å². The van der Waals surface area contributed by atoms with Crippen LogP contribution >= 0.6 is 0 Å². The zero-order chi connectivity index (χ0) is 20.6. The molecule has 0 unspecified atom stereocenters. The quantitative estimate of drug-likeness (QED) is 0.637. The van der Waals surface area contributed by atoms with Crippen molar-refractivity contribution in [1.82, 2.24) is 14.6 Å². The topological polar surface area (TPSA) is 141 Å². The van der Waals surface area contributed by atoms with Crippen molar-refractivity contribution in [2.24, 2.45) is 0 Å². The molecular formula is C19H26N4O6. The molecule has 4 N–H and O–H groups in total. The highest BCUT2D eigenvalue weighted by molar-refractivity contribution is 5.65. The van der Waals surface area contributed by atoms with Crippen molar-refractivity contribution in [3.63, 3.8) is 0 Å². The Kier molecular flexibility index (Phi) is 5.32. The molecule has 10 heteroatoms. The Hall–Kier alpha value is -2.43. The molecule has 0 aromatic carbocycles. The number of carbonyl (C=O) groups is 1. The van der Waals surface area contributed by atoms with Gasteiger partial charge in [0.1, 0.15) is 48.5 Å². The van der Waals surface area contributed by atoms with E-state index in [2.05, 4.69) is 10.1 Å². The number of nitrogens with two attached hydrogens (primary N) is 1. The van der Waals surface area contributed by atoms with Gasteiger partial charge in [-0.15, -0.1) is 0 Å². The summed E-state index contributed by atoms with van der Waals surface area (Å²) in [5.41, 5.74) is 5.64. The molecule has 2 aliphatic rings. The average Bonchev–Trinajstić information content (AvgIpc) is 3.24. The third-order valence-corrected chi connectivity index (χ3v) is 5.84. The number of anilines is 1. The fourth-order valence-corrected chi connectivity index (χ4v) is 4.16. The van der Waals surface area contributed by atoms with E-state index in [4.69, 9.17) is 19.9 Å². The lowest BCUT2D eigenvalue weighted by molar-refractivity contribution is -0.0958. The largest absolute Gasteiger partial charge is 0.508 e. The van der Waals surface area contributed by atoms with Crippen LogP contribution in [0.2, 0.25) is 0 Å². The molecule has 0 bridgehead atoms. The van der Waals surface area contributed by atoms with Gasteiger partial charge in [0.15, 0.2) is 5.82 Å². The normalized spacial score (nSPS) is 30.5. The first-order valence-corrected chi connectivity index (χ1v) is 9.86. The van der Waals surface area contributed by atoms with Crippen LogP contribution in [-0.4, -0.2) is 62.0 Å². The number of aliphatic hydroxyl groups is 2. The molecule has 29 heavy (non-hydrogen) atoms. The Bertz CT molecular complexity index is 883. The number of aliphatic hydroxyl groups excluding tert-OH is 2. The van der Waals surface area contributed by atoms with Gasteiger partial charge in [0.25, 0.3) is 0 Å². The Morgan fingerprint density at radius 1 is 1.34 bits per heavy atom. The average molecular weight is 406 g/mol. The van der Waals surface area contributed by atoms with Crippen molar-refractivity contribution in [2.75, 3.05) is 12.3 Å². The standard InChI is InChI=1S/C19H26N4O6/c1-19(14-8-7-12-17(20)21-10-22-23(12)14)16(25)15(24)13(29-19)9-27-18(26)28-11-5-3-2-4-6-11/h7-8,10-11,13,15-16,24-25H,2-6,9H2,1H3,(H2,20,21,22)/t13-,15-,16-,19+/m1/s1. The zero-order valence-electron chi connectivity index (χ0n) is 16.2. The van der Waals surface area contributed by atoms with Gasteiger partial charge in [-0.25, -0.2) is 14.3 Å². The maximum absolute atomic E-state index is 12.0. The molecule has 1 aliphatic carbocycles. The summed E-state index contributed by atoms with van der Waals surface area (Å²) in [5, 5.41) is 25.3. The third-order valence-electron chi connectivity index (χ3n) is 5.84. The Morgan fingerprint density at radius 2 is 2.10 bits per heavy atom. The fraction of sp³-hybridized carbons (Fsp3) is 0.632. The number of nitrogens with zero attached hydrogens (tertiary/aromatic N) is 3. The summed E-state index contributed by atoms with van der Waals surface area (Å²) in [6.07, 6.45) is 1.83. The van der Waals surface area contributed by atoms with Gasteiger partial charge < -0.3 is 30.2 Å². The van der Waals surface area contributed by atoms with Crippen LogP contribution in [-0.2, 0) is 19.8 Å². The van der Waals surface area contributed by atoms with E-state index in [-0.39, 0.29) is 18.5 Å². The molecule has 4 atom stereocenters. The third kappa shape index (κ3) is 3.63. The van der Waals surface area contributed by atoms with Gasteiger partial charge in [-0.1, -0.05) is 6.42 Å². The van der Waals surface area contributed by atoms with E-state index in [1.165, 1.54) is 10.8 Å². The number of ether oxygens (including phenoxy) is 3. The van der Waals surface area contributed by atoms with Crippen molar-refractivity contribution < 1.29 is 29.2 Å². The smallest absolute Gasteiger partial charge is 0.431 e. The van der Waals surface area contributed by atoms with Crippen molar-refractivity contribution in [2.45, 2.75) is 69.0 Å². The molecule has 0 spiro atoms. The van der Waals surface area contributed by atoms with E-state index in [9.17, 15) is 15.0 Å². The minimum Gasteiger partial charge on any atom is -0.431 e. The summed E-state index contributed by atoms with van der Waals surface area (Å²) in [6, 6.07) is 3.42. The van der Waals surface area contributed by atoms with E-state index in [0.717, 1.165) is 32.1 Å². The molecule has 4 rings (SSSR count). The minimum absolute atomic E-state index is 0.126. The van der Waals surface area contributed by atoms with Gasteiger partial charge in [-0.05, 0) is 44.7 Å². The number of rotatable bonds is 4. The van der Waals surface area contributed by atoms with Gasteiger partial charge in [0, 0.05) is 0 Å². The molecule has 1 saturated carbocycles. The molecule has 1 saturated heterocycles. The maximum atomic E-state index is 12.0. The lowest BCUT2D eigenvalue weighted by Crippen LogP contribution is -2.39. The van der Waals surface area contributed by atoms with Gasteiger partial charge in [-0.3, -0.25) is 0 Å². The highest BCUT2D eigenvalue weighted by Crippen LogP contribution is 2.40. The van der Waals surface area contributed by atoms with Gasteiger partial charge in [0.2, 0.25) is 0 Å². The molecule has 158 valence electrons. The lowest BCUT2D eigenvalue weighted by atomic mass is 9.93. The number of carbonyl (C=O) groups excluding carboxylic acids is 1. The summed E-state index contributed by atoms with van der Waals surface area (Å²) < 4.78 is 17.9. The van der Waals surface area contributed by atoms with Crippen LogP contribution in [0.5, 0.6) is 0 Å². The number of hydrogen-bond acceptors (Lipinski definition) is 9. The van der Waals surface area contributed by atoms with Crippen LogP contribution in [0.15, 0.2) is 18.5 Å². The Morgan fingerprint density at radius 3 is 2.86 bits per heavy atom. The van der Waals surface area contributed by atoms with Crippen LogP contribution in [0, 0.1) is 0 Å². The van der Waals surface area contributed by atoms with Crippen LogP contribution in [0.1, 0.15) is 44.7 Å². The lowest BCUT2D eigenvalue weighted by Gasteiger charge is -2.27. The predicted octanol–water partition coefficient (Wildman–Crippen LogP) is 1.13. The SMILES string of the molecule is C[C@@]1(c2ccc3c(N)ncnn23)O[C@H](COC(=O)OC2CCCCC2)[C@@H](O)[C@H]1O. The highest BCUT2D eigenvalue weighted by Gasteiger charge is 2.54. The van der Waals surface area contributed by atoms with Crippen LogP contribution in [0.3, 0.4) is 0 Å². The Labute approximate surface area is 167 Å². The van der Waals surface area contributed by atoms with Crippen molar-refractivity contribution >= 4 is 17.5 Å². The van der Waals surface area contributed by atoms with Gasteiger partial charge >= 0.3 is 6.16 Å². The number of aromatic nitrogens is 3. The summed E-state index contributed by atoms with van der Waals surface area (Å²) in [7, 11) is 0. The fourth-order valence-electron chi connectivity index (χ4n) is 4.16. The molecule has 0 radical (unpaired) electrons. The summed E-state index contributed by atoms with van der Waals surface area (Å²) in [6.45, 7) is 1.40. The van der Waals surface area contributed by atoms with E-state index >= 15 is 0 Å². The van der Waals surface area contributed by atoms with E-state index < -0.39 is 30.1 Å².